The molecule has 2 fully saturated rings. The molecule has 0 heterocycles. The highest BCUT2D eigenvalue weighted by Gasteiger charge is 2.18. The lowest BCUT2D eigenvalue weighted by molar-refractivity contribution is 0.0257. The molecule has 0 aliphatic heterocycles. The van der Waals surface area contributed by atoms with Gasteiger partial charge in [0, 0.05) is 18.6 Å². The van der Waals surface area contributed by atoms with Crippen molar-refractivity contribution in [1.29, 1.82) is 0 Å². The van der Waals surface area contributed by atoms with Crippen LogP contribution in [0.1, 0.15) is 57.8 Å². The van der Waals surface area contributed by atoms with Crippen molar-refractivity contribution in [2.75, 3.05) is 13.2 Å². The summed E-state index contributed by atoms with van der Waals surface area (Å²) in [5, 5.41) is 3.62. The molecule has 0 spiro atoms. The van der Waals surface area contributed by atoms with Gasteiger partial charge in [-0.25, -0.2) is 0 Å². The van der Waals surface area contributed by atoms with E-state index in [4.69, 9.17) is 10.5 Å². The van der Waals surface area contributed by atoms with E-state index in [-0.39, 0.29) is 0 Å². The lowest BCUT2D eigenvalue weighted by Gasteiger charge is -2.27. The van der Waals surface area contributed by atoms with Crippen molar-refractivity contribution in [2.24, 2.45) is 5.73 Å². The number of nitrogens with two attached hydrogens (primary N) is 1. The van der Waals surface area contributed by atoms with E-state index in [0.717, 1.165) is 44.9 Å². The Bertz CT molecular complexity index is 196. The smallest absolute Gasteiger partial charge is 0.0594 e. The van der Waals surface area contributed by atoms with E-state index in [2.05, 4.69) is 5.32 Å². The molecule has 3 N–H and O–H groups in total. The van der Waals surface area contributed by atoms with Crippen LogP contribution in [0.25, 0.3) is 0 Å². The molecule has 2 rings (SSSR count). The van der Waals surface area contributed by atoms with Gasteiger partial charge in [0.2, 0.25) is 0 Å². The maximum absolute atomic E-state index is 5.90. The quantitative estimate of drug-likeness (QED) is 0.724. The summed E-state index contributed by atoms with van der Waals surface area (Å²) in [7, 11) is 0. The number of rotatable bonds is 5. The highest BCUT2D eigenvalue weighted by atomic mass is 16.5. The summed E-state index contributed by atoms with van der Waals surface area (Å²) >= 11 is 0. The van der Waals surface area contributed by atoms with E-state index < -0.39 is 0 Å². The van der Waals surface area contributed by atoms with Crippen LogP contribution in [0.5, 0.6) is 0 Å². The summed E-state index contributed by atoms with van der Waals surface area (Å²) in [5.41, 5.74) is 5.88. The van der Waals surface area contributed by atoms with E-state index in [1.165, 1.54) is 32.1 Å². The maximum atomic E-state index is 5.90. The molecule has 0 radical (unpaired) electrons. The molecular formula is C14H28N2O. The molecule has 0 bridgehead atoms. The molecule has 0 amide bonds. The fourth-order valence-corrected chi connectivity index (χ4v) is 3.05. The second-order valence-electron chi connectivity index (χ2n) is 5.70. The monoisotopic (exact) mass is 240 g/mol. The first-order valence-corrected chi connectivity index (χ1v) is 7.45. The number of hydrogen-bond acceptors (Lipinski definition) is 3. The zero-order chi connectivity index (χ0) is 11.9. The van der Waals surface area contributed by atoms with Crippen molar-refractivity contribution >= 4 is 0 Å². The lowest BCUT2D eigenvalue weighted by atomic mass is 9.94. The van der Waals surface area contributed by atoms with E-state index >= 15 is 0 Å². The van der Waals surface area contributed by atoms with Crippen molar-refractivity contribution in [3.05, 3.63) is 0 Å². The van der Waals surface area contributed by atoms with Gasteiger partial charge in [-0.1, -0.05) is 19.3 Å². The SMILES string of the molecule is NC1CCC(OCCNC2CCCCC2)CC1. The van der Waals surface area contributed by atoms with Gasteiger partial charge in [-0.2, -0.15) is 0 Å². The first kappa shape index (κ1) is 13.3. The topological polar surface area (TPSA) is 47.3 Å². The summed E-state index contributed by atoms with van der Waals surface area (Å²) in [4.78, 5) is 0. The summed E-state index contributed by atoms with van der Waals surface area (Å²) in [6.45, 7) is 1.89. The van der Waals surface area contributed by atoms with Gasteiger partial charge in [0.1, 0.15) is 0 Å². The molecule has 0 atom stereocenters. The van der Waals surface area contributed by atoms with E-state index in [9.17, 15) is 0 Å². The molecule has 3 nitrogen and oxygen atoms in total. The van der Waals surface area contributed by atoms with Crippen molar-refractivity contribution in [3.8, 4) is 0 Å². The molecule has 2 aliphatic rings. The van der Waals surface area contributed by atoms with Crippen molar-refractivity contribution < 1.29 is 4.74 Å². The van der Waals surface area contributed by atoms with Crippen molar-refractivity contribution in [1.82, 2.24) is 5.32 Å². The molecule has 0 aromatic rings. The Morgan fingerprint density at radius 2 is 1.65 bits per heavy atom. The molecule has 2 saturated carbocycles. The average molecular weight is 240 g/mol. The second kappa shape index (κ2) is 7.34. The third kappa shape index (κ3) is 4.94. The van der Waals surface area contributed by atoms with Gasteiger partial charge in [-0.15, -0.1) is 0 Å². The highest BCUT2D eigenvalue weighted by Crippen LogP contribution is 2.20. The largest absolute Gasteiger partial charge is 0.377 e. The van der Waals surface area contributed by atoms with Crippen LogP contribution in [-0.4, -0.2) is 31.3 Å². The summed E-state index contributed by atoms with van der Waals surface area (Å²) < 4.78 is 5.90. The Hall–Kier alpha value is -0.120. The van der Waals surface area contributed by atoms with Gasteiger partial charge >= 0.3 is 0 Å². The normalized spacial score (nSPS) is 31.6. The fraction of sp³-hybridized carbons (Fsp3) is 1.00. The first-order valence-electron chi connectivity index (χ1n) is 7.45. The minimum atomic E-state index is 0.426. The zero-order valence-corrected chi connectivity index (χ0v) is 11.0. The highest BCUT2D eigenvalue weighted by molar-refractivity contribution is 4.75. The van der Waals surface area contributed by atoms with Gasteiger partial charge in [0.05, 0.1) is 12.7 Å². The predicted octanol–water partition coefficient (Wildman–Crippen LogP) is 2.20. The lowest BCUT2D eigenvalue weighted by Crippen LogP contribution is -2.35. The van der Waals surface area contributed by atoms with E-state index in [0.29, 0.717) is 12.1 Å². The Morgan fingerprint density at radius 3 is 2.35 bits per heavy atom. The van der Waals surface area contributed by atoms with Crippen LogP contribution in [0.4, 0.5) is 0 Å². The molecule has 0 aromatic heterocycles. The Kier molecular flexibility index (Phi) is 5.75. The third-order valence-corrected chi connectivity index (χ3v) is 4.21. The van der Waals surface area contributed by atoms with Crippen LogP contribution in [0.3, 0.4) is 0 Å². The number of hydrogen-bond donors (Lipinski definition) is 2. The summed E-state index contributed by atoms with van der Waals surface area (Å²) in [6.07, 6.45) is 12.0. The van der Waals surface area contributed by atoms with Crippen LogP contribution in [-0.2, 0) is 4.74 Å². The van der Waals surface area contributed by atoms with Gasteiger partial charge in [-0.05, 0) is 38.5 Å². The van der Waals surface area contributed by atoms with Crippen LogP contribution in [0.2, 0.25) is 0 Å². The van der Waals surface area contributed by atoms with Crippen molar-refractivity contribution in [2.45, 2.75) is 76.0 Å². The molecule has 2 aliphatic carbocycles. The third-order valence-electron chi connectivity index (χ3n) is 4.21. The van der Waals surface area contributed by atoms with Crippen LogP contribution >= 0.6 is 0 Å². The van der Waals surface area contributed by atoms with Crippen LogP contribution in [0, 0.1) is 0 Å². The Morgan fingerprint density at radius 1 is 0.941 bits per heavy atom. The number of nitrogens with one attached hydrogen (secondary N) is 1. The van der Waals surface area contributed by atoms with Gasteiger partial charge in [0.25, 0.3) is 0 Å². The van der Waals surface area contributed by atoms with Crippen molar-refractivity contribution in [3.63, 3.8) is 0 Å². The predicted molar refractivity (Wildman–Crippen MR) is 71.1 cm³/mol. The van der Waals surface area contributed by atoms with E-state index in [1.807, 2.05) is 0 Å². The Balaban J connectivity index is 1.48. The molecule has 0 saturated heterocycles. The van der Waals surface area contributed by atoms with E-state index in [1.54, 1.807) is 0 Å². The minimum absolute atomic E-state index is 0.426. The first-order chi connectivity index (χ1) is 8.34. The molecule has 0 aromatic carbocycles. The summed E-state index contributed by atoms with van der Waals surface area (Å²) in [5.74, 6) is 0. The minimum Gasteiger partial charge on any atom is -0.377 e. The molecule has 17 heavy (non-hydrogen) atoms. The van der Waals surface area contributed by atoms with Crippen LogP contribution in [0.15, 0.2) is 0 Å². The maximum Gasteiger partial charge on any atom is 0.0594 e. The molecule has 100 valence electrons. The fourth-order valence-electron chi connectivity index (χ4n) is 3.05. The van der Waals surface area contributed by atoms with Gasteiger partial charge < -0.3 is 15.8 Å². The second-order valence-corrected chi connectivity index (χ2v) is 5.70. The standard InChI is InChI=1S/C14H28N2O/c15-12-6-8-14(9-7-12)17-11-10-16-13-4-2-1-3-5-13/h12-14,16H,1-11,15H2. The number of ether oxygens (including phenoxy) is 1. The molecule has 3 heteroatoms. The average Bonchev–Trinajstić information content (AvgIpc) is 2.38. The van der Waals surface area contributed by atoms with Crippen LogP contribution < -0.4 is 11.1 Å². The zero-order valence-electron chi connectivity index (χ0n) is 11.0. The molecule has 0 unspecified atom stereocenters. The molecular weight excluding hydrogens is 212 g/mol. The Labute approximate surface area is 105 Å². The summed E-state index contributed by atoms with van der Waals surface area (Å²) in [6, 6.07) is 1.18. The van der Waals surface area contributed by atoms with Gasteiger partial charge in [-0.3, -0.25) is 0 Å². The van der Waals surface area contributed by atoms with Gasteiger partial charge in [0.15, 0.2) is 0 Å².